The summed E-state index contributed by atoms with van der Waals surface area (Å²) in [6, 6.07) is 4.81. The van der Waals surface area contributed by atoms with Gasteiger partial charge in [0.25, 0.3) is 5.92 Å². The lowest BCUT2D eigenvalue weighted by molar-refractivity contribution is 0.0175. The zero-order valence-electron chi connectivity index (χ0n) is 12.1. The molecule has 108 valence electrons. The van der Waals surface area contributed by atoms with Gasteiger partial charge in [-0.15, -0.1) is 0 Å². The number of nitrogens with one attached hydrogen (secondary N) is 1. The van der Waals surface area contributed by atoms with Crippen molar-refractivity contribution in [2.24, 2.45) is 0 Å². The fourth-order valence-electron chi connectivity index (χ4n) is 1.93. The molecule has 1 aromatic heterocycles. The van der Waals surface area contributed by atoms with Crippen LogP contribution in [0.1, 0.15) is 33.3 Å². The van der Waals surface area contributed by atoms with Crippen LogP contribution < -0.4 is 5.32 Å². The minimum atomic E-state index is -2.88. The number of imidazole rings is 1. The molecule has 0 aliphatic carbocycles. The van der Waals surface area contributed by atoms with E-state index in [1.54, 1.807) is 23.3 Å². The van der Waals surface area contributed by atoms with E-state index in [1.165, 1.54) is 12.1 Å². The van der Waals surface area contributed by atoms with E-state index in [4.69, 9.17) is 0 Å². The van der Waals surface area contributed by atoms with Crippen LogP contribution in [0, 0.1) is 0 Å². The van der Waals surface area contributed by atoms with Crippen LogP contribution in [0.3, 0.4) is 0 Å². The molecule has 0 unspecified atom stereocenters. The molecule has 1 aromatic carbocycles. The molecule has 0 atom stereocenters. The van der Waals surface area contributed by atoms with Crippen molar-refractivity contribution in [3.8, 4) is 5.69 Å². The van der Waals surface area contributed by atoms with E-state index < -0.39 is 5.92 Å². The summed E-state index contributed by atoms with van der Waals surface area (Å²) in [5, 5.41) is 3.23. The zero-order valence-corrected chi connectivity index (χ0v) is 12.1. The molecule has 0 saturated heterocycles. The molecule has 3 nitrogen and oxygen atoms in total. The summed E-state index contributed by atoms with van der Waals surface area (Å²) in [6.45, 7) is 6.86. The van der Waals surface area contributed by atoms with Crippen LogP contribution >= 0.6 is 0 Å². The molecule has 0 aliphatic heterocycles. The molecule has 0 saturated carbocycles. The maximum Gasteiger partial charge on any atom is 0.270 e. The van der Waals surface area contributed by atoms with Crippen molar-refractivity contribution in [3.63, 3.8) is 0 Å². The van der Waals surface area contributed by atoms with Gasteiger partial charge >= 0.3 is 0 Å². The lowest BCUT2D eigenvalue weighted by atomic mass is 10.0. The van der Waals surface area contributed by atoms with E-state index in [1.807, 2.05) is 26.8 Å². The topological polar surface area (TPSA) is 29.9 Å². The molecule has 5 heteroatoms. The average molecular weight is 279 g/mol. The Kier molecular flexibility index (Phi) is 3.54. The highest BCUT2D eigenvalue weighted by Gasteiger charge is 2.26. The Morgan fingerprint density at radius 1 is 1.10 bits per heavy atom. The van der Waals surface area contributed by atoms with Crippen molar-refractivity contribution in [2.45, 2.75) is 39.2 Å². The van der Waals surface area contributed by atoms with E-state index in [0.29, 0.717) is 11.4 Å². The molecule has 0 spiro atoms. The first-order chi connectivity index (χ1) is 9.15. The van der Waals surface area contributed by atoms with Crippen LogP contribution in [0.5, 0.6) is 0 Å². The Labute approximate surface area is 117 Å². The third kappa shape index (κ3) is 3.56. The molecule has 2 rings (SSSR count). The average Bonchev–Trinajstić information content (AvgIpc) is 2.78. The van der Waals surface area contributed by atoms with Crippen molar-refractivity contribution in [1.82, 2.24) is 9.55 Å². The van der Waals surface area contributed by atoms with Crippen LogP contribution in [0.4, 0.5) is 14.5 Å². The first kappa shape index (κ1) is 14.5. The van der Waals surface area contributed by atoms with Crippen molar-refractivity contribution in [1.29, 1.82) is 0 Å². The molecule has 1 heterocycles. The minimum Gasteiger partial charge on any atom is -0.380 e. The minimum absolute atomic E-state index is 0.0181. The van der Waals surface area contributed by atoms with Crippen LogP contribution in [0.15, 0.2) is 36.9 Å². The van der Waals surface area contributed by atoms with Gasteiger partial charge in [0.15, 0.2) is 0 Å². The lowest BCUT2D eigenvalue weighted by Gasteiger charge is -2.24. The van der Waals surface area contributed by atoms with Gasteiger partial charge in [-0.1, -0.05) is 0 Å². The molecule has 0 bridgehead atoms. The summed E-state index contributed by atoms with van der Waals surface area (Å²) in [7, 11) is 0. The summed E-state index contributed by atoms with van der Waals surface area (Å²) in [5.41, 5.74) is 1.11. The number of benzene rings is 1. The molecule has 20 heavy (non-hydrogen) atoms. The maximum atomic E-state index is 13.6. The summed E-state index contributed by atoms with van der Waals surface area (Å²) in [6.07, 6.45) is 4.94. The maximum absolute atomic E-state index is 13.6. The zero-order chi connectivity index (χ0) is 15.0. The van der Waals surface area contributed by atoms with E-state index in [2.05, 4.69) is 10.3 Å². The number of hydrogen-bond acceptors (Lipinski definition) is 2. The van der Waals surface area contributed by atoms with E-state index in [0.717, 1.165) is 6.92 Å². The SMILES string of the molecule is CC(C)(C)Nc1cc(-n2ccnc2)cc(C(C)(F)F)c1. The van der Waals surface area contributed by atoms with Crippen LogP contribution in [-0.2, 0) is 5.92 Å². The molecule has 0 radical (unpaired) electrons. The number of alkyl halides is 2. The molecule has 2 aromatic rings. The number of rotatable bonds is 3. The first-order valence-electron chi connectivity index (χ1n) is 6.45. The molecule has 1 N–H and O–H groups in total. The predicted molar refractivity (Wildman–Crippen MR) is 76.5 cm³/mol. The molecule has 0 amide bonds. The molecular formula is C15H19F2N3. The Hall–Kier alpha value is -1.91. The Morgan fingerprint density at radius 2 is 1.80 bits per heavy atom. The van der Waals surface area contributed by atoms with Crippen molar-refractivity contribution in [3.05, 3.63) is 42.5 Å². The number of hydrogen-bond donors (Lipinski definition) is 1. The van der Waals surface area contributed by atoms with Gasteiger partial charge in [-0.2, -0.15) is 0 Å². The monoisotopic (exact) mass is 279 g/mol. The van der Waals surface area contributed by atoms with Gasteiger partial charge in [0.1, 0.15) is 0 Å². The first-order valence-corrected chi connectivity index (χ1v) is 6.45. The second-order valence-electron chi connectivity index (χ2n) is 6.00. The van der Waals surface area contributed by atoms with E-state index >= 15 is 0 Å². The Bertz CT molecular complexity index is 578. The highest BCUT2D eigenvalue weighted by atomic mass is 19.3. The number of aromatic nitrogens is 2. The number of anilines is 1. The third-order valence-corrected chi connectivity index (χ3v) is 2.75. The van der Waals surface area contributed by atoms with Gasteiger partial charge in [-0.25, -0.2) is 13.8 Å². The fourth-order valence-corrected chi connectivity index (χ4v) is 1.93. The smallest absolute Gasteiger partial charge is 0.270 e. The van der Waals surface area contributed by atoms with Crippen LogP contribution in [0.25, 0.3) is 5.69 Å². The van der Waals surface area contributed by atoms with E-state index in [-0.39, 0.29) is 11.1 Å². The van der Waals surface area contributed by atoms with Gasteiger partial charge in [-0.05, 0) is 39.0 Å². The second kappa shape index (κ2) is 4.89. The fraction of sp³-hybridized carbons (Fsp3) is 0.400. The summed E-state index contributed by atoms with van der Waals surface area (Å²) < 4.78 is 29.0. The standard InChI is InChI=1S/C15H19F2N3/c1-14(2,3)19-12-7-11(15(4,16)17)8-13(9-12)20-6-5-18-10-20/h5-10,19H,1-4H3. The van der Waals surface area contributed by atoms with Gasteiger partial charge < -0.3 is 9.88 Å². The Morgan fingerprint density at radius 3 is 2.30 bits per heavy atom. The number of nitrogens with zero attached hydrogens (tertiary/aromatic N) is 2. The second-order valence-corrected chi connectivity index (χ2v) is 6.00. The largest absolute Gasteiger partial charge is 0.380 e. The predicted octanol–water partition coefficient (Wildman–Crippen LogP) is 4.19. The highest BCUT2D eigenvalue weighted by molar-refractivity contribution is 5.56. The third-order valence-electron chi connectivity index (χ3n) is 2.75. The quantitative estimate of drug-likeness (QED) is 0.912. The summed E-state index contributed by atoms with van der Waals surface area (Å²) in [4.78, 5) is 3.95. The van der Waals surface area contributed by atoms with Crippen LogP contribution in [-0.4, -0.2) is 15.1 Å². The van der Waals surface area contributed by atoms with Crippen LogP contribution in [0.2, 0.25) is 0 Å². The van der Waals surface area contributed by atoms with E-state index in [9.17, 15) is 8.78 Å². The van der Waals surface area contributed by atoms with Gasteiger partial charge in [0.05, 0.1) is 6.33 Å². The van der Waals surface area contributed by atoms with Gasteiger partial charge in [-0.3, -0.25) is 0 Å². The molecule has 0 fully saturated rings. The summed E-state index contributed by atoms with van der Waals surface area (Å²) >= 11 is 0. The Balaban J connectivity index is 2.50. The van der Waals surface area contributed by atoms with Gasteiger partial charge in [0.2, 0.25) is 0 Å². The molecule has 0 aliphatic rings. The van der Waals surface area contributed by atoms with Gasteiger partial charge in [0, 0.05) is 41.8 Å². The lowest BCUT2D eigenvalue weighted by Crippen LogP contribution is -2.26. The molecular weight excluding hydrogens is 260 g/mol. The summed E-state index contributed by atoms with van der Waals surface area (Å²) in [5.74, 6) is -2.88. The van der Waals surface area contributed by atoms with Crippen molar-refractivity contribution >= 4 is 5.69 Å². The van der Waals surface area contributed by atoms with Crippen molar-refractivity contribution < 1.29 is 8.78 Å². The van der Waals surface area contributed by atoms with Crippen molar-refractivity contribution in [2.75, 3.05) is 5.32 Å². The normalized spacial score (nSPS) is 12.5. The highest BCUT2D eigenvalue weighted by Crippen LogP contribution is 2.32. The number of halogens is 2.